The minimum Gasteiger partial charge on any atom is -0.301 e. The van der Waals surface area contributed by atoms with Gasteiger partial charge in [-0.2, -0.15) is 0 Å². The van der Waals surface area contributed by atoms with Gasteiger partial charge in [0.25, 0.3) is 0 Å². The number of aliphatic imine (C=N–C) groups is 2. The lowest BCUT2D eigenvalue weighted by Gasteiger charge is -2.28. The molecule has 3 aromatic carbocycles. The SMILES string of the molecule is CC1CC=CC=C1n1c(-c2cc(C3=NC4C=CC=NC4N3c3ccccc3)cc(-c3nc4cccnc4n3-c3ccccc3)c2)nc2cccnc21. The number of nitrogens with zero attached hydrogens (tertiary/aromatic N) is 9. The molecule has 1 aliphatic carbocycles. The Morgan fingerprint density at radius 3 is 1.98 bits per heavy atom. The Labute approximate surface area is 300 Å². The standard InChI is InChI=1S/C43H33N9/c1-28-13-8-9-21-37(28)52-40(49-36-20-12-24-46-43(36)52)31-26-29(38-47-34-18-10-22-44-41(34)50(38)32-14-4-2-5-15-32)25-30(27-31)39-48-35-19-11-23-45-42(35)51(39)33-16-6-3-7-17-33/h2-12,14-28,34,41H,13H2,1H3. The van der Waals surface area contributed by atoms with Gasteiger partial charge >= 0.3 is 0 Å². The van der Waals surface area contributed by atoms with Crippen molar-refractivity contribution in [2.45, 2.75) is 25.6 Å². The Kier molecular flexibility index (Phi) is 7.09. The first-order valence-electron chi connectivity index (χ1n) is 17.6. The number of benzene rings is 3. The molecule has 0 fully saturated rings. The molecule has 6 heterocycles. The maximum Gasteiger partial charge on any atom is 0.164 e. The molecule has 3 atom stereocenters. The van der Waals surface area contributed by atoms with Crippen LogP contribution in [-0.2, 0) is 0 Å². The van der Waals surface area contributed by atoms with Crippen LogP contribution in [-0.4, -0.2) is 53.3 Å². The van der Waals surface area contributed by atoms with E-state index < -0.39 is 0 Å². The first-order valence-corrected chi connectivity index (χ1v) is 17.6. The zero-order valence-corrected chi connectivity index (χ0v) is 28.4. The number of anilines is 1. The second kappa shape index (κ2) is 12.2. The molecular weight excluding hydrogens is 643 g/mol. The van der Waals surface area contributed by atoms with Gasteiger partial charge in [-0.25, -0.2) is 19.9 Å². The number of rotatable bonds is 6. The van der Waals surface area contributed by atoms with Crippen LogP contribution in [0.4, 0.5) is 5.69 Å². The van der Waals surface area contributed by atoms with Gasteiger partial charge in [-0.15, -0.1) is 0 Å². The topological polar surface area (TPSA) is 89.4 Å². The zero-order chi connectivity index (χ0) is 34.6. The highest BCUT2D eigenvalue weighted by atomic mass is 15.4. The highest BCUT2D eigenvalue weighted by Gasteiger charge is 2.37. The monoisotopic (exact) mass is 675 g/mol. The maximum absolute atomic E-state index is 5.34. The Bertz CT molecular complexity index is 2640. The largest absolute Gasteiger partial charge is 0.301 e. The van der Waals surface area contributed by atoms with Gasteiger partial charge in [-0.1, -0.05) is 61.5 Å². The Morgan fingerprint density at radius 2 is 1.29 bits per heavy atom. The van der Waals surface area contributed by atoms with Crippen LogP contribution < -0.4 is 4.90 Å². The van der Waals surface area contributed by atoms with E-state index in [9.17, 15) is 0 Å². The second-order valence-electron chi connectivity index (χ2n) is 13.3. The third-order valence-electron chi connectivity index (χ3n) is 9.95. The van der Waals surface area contributed by atoms with Crippen LogP contribution >= 0.6 is 0 Å². The van der Waals surface area contributed by atoms with Crippen LogP contribution in [0.25, 0.3) is 56.5 Å². The number of hydrogen-bond donors (Lipinski definition) is 0. The van der Waals surface area contributed by atoms with Crippen molar-refractivity contribution in [2.24, 2.45) is 15.9 Å². The van der Waals surface area contributed by atoms with Crippen molar-refractivity contribution >= 4 is 45.8 Å². The molecule has 4 aromatic heterocycles. The lowest BCUT2D eigenvalue weighted by molar-refractivity contribution is 0.659. The quantitative estimate of drug-likeness (QED) is 0.176. The predicted octanol–water partition coefficient (Wildman–Crippen LogP) is 8.54. The average Bonchev–Trinajstić information content (AvgIpc) is 3.91. The number of aromatic nitrogens is 6. The maximum atomic E-state index is 5.34. The van der Waals surface area contributed by atoms with Crippen LogP contribution in [0.5, 0.6) is 0 Å². The first kappa shape index (κ1) is 30.1. The summed E-state index contributed by atoms with van der Waals surface area (Å²) in [5, 5.41) is 0. The van der Waals surface area contributed by atoms with E-state index in [1.807, 2.05) is 73.2 Å². The van der Waals surface area contributed by atoms with Gasteiger partial charge < -0.3 is 4.90 Å². The Hall–Kier alpha value is -6.74. The van der Waals surface area contributed by atoms with Gasteiger partial charge in [0.05, 0.1) is 0 Å². The van der Waals surface area contributed by atoms with Crippen LogP contribution in [0.2, 0.25) is 0 Å². The van der Waals surface area contributed by atoms with E-state index in [1.54, 1.807) is 0 Å². The number of pyridine rings is 2. The fourth-order valence-electron chi connectivity index (χ4n) is 7.55. The number of allylic oxidation sites excluding steroid dienone is 5. The molecule has 0 N–H and O–H groups in total. The molecule has 3 aliphatic rings. The van der Waals surface area contributed by atoms with Crippen LogP contribution in [0.3, 0.4) is 0 Å². The van der Waals surface area contributed by atoms with E-state index in [0.717, 1.165) is 80.0 Å². The van der Waals surface area contributed by atoms with Crippen molar-refractivity contribution in [1.82, 2.24) is 29.1 Å². The molecule has 0 radical (unpaired) electrons. The molecule has 2 aliphatic heterocycles. The summed E-state index contributed by atoms with van der Waals surface area (Å²) >= 11 is 0. The number of para-hydroxylation sites is 2. The summed E-state index contributed by atoms with van der Waals surface area (Å²) in [6, 6.07) is 35.1. The fourth-order valence-corrected chi connectivity index (χ4v) is 7.55. The molecule has 3 unspecified atom stereocenters. The molecule has 0 saturated heterocycles. The third kappa shape index (κ3) is 4.92. The molecular formula is C43H33N9. The van der Waals surface area contributed by atoms with E-state index in [-0.39, 0.29) is 18.1 Å². The number of fused-ring (bicyclic) bond motifs is 3. The molecule has 7 aromatic rings. The normalized spacial score (nSPS) is 19.3. The summed E-state index contributed by atoms with van der Waals surface area (Å²) in [6.07, 6.45) is 16.9. The van der Waals surface area contributed by atoms with Gasteiger partial charge in [0.2, 0.25) is 0 Å². The number of hydrogen-bond acceptors (Lipinski definition) is 7. The van der Waals surface area contributed by atoms with Crippen LogP contribution in [0, 0.1) is 5.92 Å². The van der Waals surface area contributed by atoms with E-state index in [0.29, 0.717) is 0 Å². The second-order valence-corrected chi connectivity index (χ2v) is 13.3. The Balaban J connectivity index is 1.27. The minimum absolute atomic E-state index is 0.126. The summed E-state index contributed by atoms with van der Waals surface area (Å²) in [6.45, 7) is 2.26. The van der Waals surface area contributed by atoms with Gasteiger partial charge in [0.15, 0.2) is 17.5 Å². The molecule has 0 saturated carbocycles. The molecule has 9 nitrogen and oxygen atoms in total. The molecule has 9 heteroatoms. The zero-order valence-electron chi connectivity index (χ0n) is 28.4. The minimum atomic E-state index is -0.193. The van der Waals surface area contributed by atoms with Gasteiger partial charge in [-0.3, -0.25) is 19.1 Å². The first-order chi connectivity index (χ1) is 25.7. The van der Waals surface area contributed by atoms with Crippen LogP contribution in [0.1, 0.15) is 18.9 Å². The summed E-state index contributed by atoms with van der Waals surface area (Å²) in [5.41, 5.74) is 9.20. The lowest BCUT2D eigenvalue weighted by Crippen LogP contribution is -2.39. The summed E-state index contributed by atoms with van der Waals surface area (Å²) in [7, 11) is 0. The Morgan fingerprint density at radius 1 is 0.654 bits per heavy atom. The molecule has 52 heavy (non-hydrogen) atoms. The highest BCUT2D eigenvalue weighted by Crippen LogP contribution is 2.38. The van der Waals surface area contributed by atoms with Crippen molar-refractivity contribution < 1.29 is 0 Å². The van der Waals surface area contributed by atoms with Crippen LogP contribution in [0.15, 0.2) is 156 Å². The molecule has 0 amide bonds. The number of imidazole rings is 2. The van der Waals surface area contributed by atoms with Crippen molar-refractivity contribution in [3.05, 3.63) is 151 Å². The third-order valence-corrected chi connectivity index (χ3v) is 9.95. The molecule has 10 rings (SSSR count). The highest BCUT2D eigenvalue weighted by molar-refractivity contribution is 6.13. The van der Waals surface area contributed by atoms with E-state index in [1.165, 1.54) is 0 Å². The van der Waals surface area contributed by atoms with Crippen molar-refractivity contribution in [2.75, 3.05) is 4.90 Å². The van der Waals surface area contributed by atoms with Gasteiger partial charge in [0, 0.05) is 58.3 Å². The summed E-state index contributed by atoms with van der Waals surface area (Å²) in [5.74, 6) is 2.70. The van der Waals surface area contributed by atoms with Crippen molar-refractivity contribution in [3.63, 3.8) is 0 Å². The van der Waals surface area contributed by atoms with Crippen molar-refractivity contribution in [3.8, 4) is 28.5 Å². The lowest BCUT2D eigenvalue weighted by atomic mass is 9.98. The van der Waals surface area contributed by atoms with E-state index in [4.69, 9.17) is 29.9 Å². The van der Waals surface area contributed by atoms with Crippen molar-refractivity contribution in [1.29, 1.82) is 0 Å². The number of dihydropyridines is 1. The average molecular weight is 676 g/mol. The fraction of sp³-hybridized carbons (Fsp3) is 0.116. The molecule has 0 bridgehead atoms. The van der Waals surface area contributed by atoms with E-state index >= 15 is 0 Å². The van der Waals surface area contributed by atoms with Gasteiger partial charge in [0.1, 0.15) is 34.6 Å². The van der Waals surface area contributed by atoms with Gasteiger partial charge in [-0.05, 0) is 85.3 Å². The number of amidine groups is 1. The molecule has 0 spiro atoms. The molecule has 250 valence electrons. The smallest absolute Gasteiger partial charge is 0.164 e. The van der Waals surface area contributed by atoms with E-state index in [2.05, 4.69) is 99.9 Å². The summed E-state index contributed by atoms with van der Waals surface area (Å²) < 4.78 is 4.36. The summed E-state index contributed by atoms with van der Waals surface area (Å²) in [4.78, 5) is 32.7. The predicted molar refractivity (Wildman–Crippen MR) is 209 cm³/mol.